The Morgan fingerprint density at radius 3 is 2.82 bits per heavy atom. The summed E-state index contributed by atoms with van der Waals surface area (Å²) in [7, 11) is 0. The van der Waals surface area contributed by atoms with Gasteiger partial charge >= 0.3 is 0 Å². The van der Waals surface area contributed by atoms with Crippen LogP contribution in [-0.2, 0) is 6.54 Å². The molecule has 2 aromatic heterocycles. The molecule has 28 heavy (non-hydrogen) atoms. The first-order valence-electron chi connectivity index (χ1n) is 9.61. The quantitative estimate of drug-likeness (QED) is 0.543. The summed E-state index contributed by atoms with van der Waals surface area (Å²) in [5, 5.41) is 4.63. The molecule has 0 radical (unpaired) electrons. The number of halogens is 1. The van der Waals surface area contributed by atoms with Crippen molar-refractivity contribution in [3.63, 3.8) is 0 Å². The minimum absolute atomic E-state index is 0.200. The van der Waals surface area contributed by atoms with Gasteiger partial charge in [-0.05, 0) is 52.9 Å². The van der Waals surface area contributed by atoms with Crippen LogP contribution in [0.15, 0.2) is 71.5 Å². The molecule has 0 bridgehead atoms. The van der Waals surface area contributed by atoms with Crippen molar-refractivity contribution in [2.45, 2.75) is 12.6 Å². The zero-order valence-corrected chi connectivity index (χ0v) is 15.5. The molecule has 0 amide bonds. The molecule has 4 aromatic rings. The summed E-state index contributed by atoms with van der Waals surface area (Å²) in [5.74, 6) is 0.743. The number of aromatic nitrogens is 1. The van der Waals surface area contributed by atoms with Gasteiger partial charge in [0.2, 0.25) is 0 Å². The van der Waals surface area contributed by atoms with E-state index in [1.54, 1.807) is 0 Å². The number of hydrogen-bond donors (Lipinski definition) is 2. The number of H-pyrrole nitrogens is 1. The molecule has 0 spiro atoms. The Hall–Kier alpha value is -2.89. The number of benzene rings is 2. The summed E-state index contributed by atoms with van der Waals surface area (Å²) in [6.45, 7) is 3.45. The Balaban J connectivity index is 1.36. The molecule has 2 N–H and O–H groups in total. The van der Waals surface area contributed by atoms with Crippen LogP contribution in [0.1, 0.15) is 17.4 Å². The van der Waals surface area contributed by atoms with Crippen molar-refractivity contribution >= 4 is 10.9 Å². The molecule has 0 saturated carbocycles. The fourth-order valence-electron chi connectivity index (χ4n) is 4.00. The molecule has 2 aromatic carbocycles. The van der Waals surface area contributed by atoms with E-state index in [0.29, 0.717) is 0 Å². The number of furan rings is 1. The van der Waals surface area contributed by atoms with Crippen LogP contribution in [0.25, 0.3) is 22.0 Å². The Labute approximate surface area is 163 Å². The van der Waals surface area contributed by atoms with E-state index in [1.807, 2.05) is 24.6 Å². The minimum atomic E-state index is -0.200. The maximum Gasteiger partial charge on any atom is 0.123 e. The zero-order chi connectivity index (χ0) is 18.9. The fraction of sp³-hybridized carbons (Fsp3) is 0.217. The average Bonchev–Trinajstić information content (AvgIpc) is 3.38. The predicted molar refractivity (Wildman–Crippen MR) is 108 cm³/mol. The number of hydrogen-bond acceptors (Lipinski definition) is 3. The zero-order valence-electron chi connectivity index (χ0n) is 15.5. The molecule has 1 saturated heterocycles. The lowest BCUT2D eigenvalue weighted by atomic mass is 10.0. The maximum atomic E-state index is 13.3. The van der Waals surface area contributed by atoms with Crippen molar-refractivity contribution in [3.05, 3.63) is 84.2 Å². The third-order valence-corrected chi connectivity index (χ3v) is 5.51. The second-order valence-corrected chi connectivity index (χ2v) is 7.32. The second-order valence-electron chi connectivity index (χ2n) is 7.32. The van der Waals surface area contributed by atoms with Gasteiger partial charge in [0.1, 0.15) is 11.6 Å². The van der Waals surface area contributed by atoms with Gasteiger partial charge in [-0.3, -0.25) is 4.90 Å². The third kappa shape index (κ3) is 3.35. The average molecular weight is 375 g/mol. The highest BCUT2D eigenvalue weighted by molar-refractivity contribution is 5.84. The smallest absolute Gasteiger partial charge is 0.123 e. The van der Waals surface area contributed by atoms with Gasteiger partial charge in [0.15, 0.2) is 0 Å². The summed E-state index contributed by atoms with van der Waals surface area (Å²) in [4.78, 5) is 5.61. The second kappa shape index (κ2) is 7.26. The standard InChI is InChI=1S/C23H22FN3O/c24-20-4-1-16(2-5-20)23-13-25-9-10-27(23)14-21-12-19(15-28-21)17-3-6-22-18(11-17)7-8-26-22/h1-8,11-12,15,23,25-26H,9-10,13-14H2/t23-/m1/s1. The topological polar surface area (TPSA) is 44.2 Å². The van der Waals surface area contributed by atoms with Crippen molar-refractivity contribution < 1.29 is 8.81 Å². The van der Waals surface area contributed by atoms with Crippen molar-refractivity contribution in [2.24, 2.45) is 0 Å². The van der Waals surface area contributed by atoms with E-state index in [2.05, 4.69) is 45.5 Å². The molecule has 1 fully saturated rings. The Kier molecular flexibility index (Phi) is 4.47. The molecular formula is C23H22FN3O. The van der Waals surface area contributed by atoms with Gasteiger partial charge in [0.25, 0.3) is 0 Å². The summed E-state index contributed by atoms with van der Waals surface area (Å²) >= 11 is 0. The molecule has 0 unspecified atom stereocenters. The van der Waals surface area contributed by atoms with Crippen molar-refractivity contribution in [1.82, 2.24) is 15.2 Å². The Morgan fingerprint density at radius 1 is 1.04 bits per heavy atom. The molecule has 4 nitrogen and oxygen atoms in total. The van der Waals surface area contributed by atoms with E-state index in [-0.39, 0.29) is 11.9 Å². The predicted octanol–water partition coefficient (Wildman–Crippen LogP) is 4.71. The normalized spacial score (nSPS) is 18.0. The molecule has 5 rings (SSSR count). The van der Waals surface area contributed by atoms with E-state index in [9.17, 15) is 4.39 Å². The van der Waals surface area contributed by atoms with Crippen LogP contribution in [0, 0.1) is 5.82 Å². The van der Waals surface area contributed by atoms with Crippen LogP contribution in [0.4, 0.5) is 4.39 Å². The van der Waals surface area contributed by atoms with Gasteiger partial charge in [0.05, 0.1) is 12.8 Å². The summed E-state index contributed by atoms with van der Waals surface area (Å²) in [6.07, 6.45) is 3.79. The van der Waals surface area contributed by atoms with Crippen LogP contribution in [0.5, 0.6) is 0 Å². The van der Waals surface area contributed by atoms with E-state index in [1.165, 1.54) is 17.5 Å². The van der Waals surface area contributed by atoms with Crippen LogP contribution in [-0.4, -0.2) is 29.5 Å². The molecule has 1 aliphatic rings. The summed E-state index contributed by atoms with van der Waals surface area (Å²) in [5.41, 5.74) is 4.50. The highest BCUT2D eigenvalue weighted by atomic mass is 19.1. The molecule has 1 aliphatic heterocycles. The lowest BCUT2D eigenvalue weighted by Crippen LogP contribution is -2.45. The number of rotatable bonds is 4. The highest BCUT2D eigenvalue weighted by Gasteiger charge is 2.24. The lowest BCUT2D eigenvalue weighted by Gasteiger charge is -2.36. The Morgan fingerprint density at radius 2 is 1.93 bits per heavy atom. The summed E-state index contributed by atoms with van der Waals surface area (Å²) < 4.78 is 19.2. The van der Waals surface area contributed by atoms with Crippen LogP contribution >= 0.6 is 0 Å². The van der Waals surface area contributed by atoms with Crippen molar-refractivity contribution in [3.8, 4) is 11.1 Å². The van der Waals surface area contributed by atoms with Crippen molar-refractivity contribution in [2.75, 3.05) is 19.6 Å². The highest BCUT2D eigenvalue weighted by Crippen LogP contribution is 2.29. The number of nitrogens with zero attached hydrogens (tertiary/aromatic N) is 1. The molecule has 142 valence electrons. The third-order valence-electron chi connectivity index (χ3n) is 5.51. The lowest BCUT2D eigenvalue weighted by molar-refractivity contribution is 0.143. The maximum absolute atomic E-state index is 13.3. The molecular weight excluding hydrogens is 353 g/mol. The largest absolute Gasteiger partial charge is 0.467 e. The SMILES string of the molecule is Fc1ccc([C@H]2CNCCN2Cc2cc(-c3ccc4[nH]ccc4c3)co2)cc1. The van der Waals surface area contributed by atoms with Gasteiger partial charge in [-0.15, -0.1) is 0 Å². The van der Waals surface area contributed by atoms with Gasteiger partial charge in [-0.1, -0.05) is 18.2 Å². The summed E-state index contributed by atoms with van der Waals surface area (Å²) in [6, 6.07) is 17.6. The van der Waals surface area contributed by atoms with E-state index in [4.69, 9.17) is 4.42 Å². The molecule has 3 heterocycles. The van der Waals surface area contributed by atoms with Crippen molar-refractivity contribution in [1.29, 1.82) is 0 Å². The molecule has 1 atom stereocenters. The van der Waals surface area contributed by atoms with E-state index >= 15 is 0 Å². The van der Waals surface area contributed by atoms with Gasteiger partial charge in [0, 0.05) is 43.0 Å². The first-order valence-corrected chi connectivity index (χ1v) is 9.61. The minimum Gasteiger partial charge on any atom is -0.467 e. The number of nitrogens with one attached hydrogen (secondary N) is 2. The number of piperazine rings is 1. The first-order chi connectivity index (χ1) is 13.8. The molecule has 0 aliphatic carbocycles. The monoisotopic (exact) mass is 375 g/mol. The van der Waals surface area contributed by atoms with Gasteiger partial charge in [-0.25, -0.2) is 4.39 Å². The Bertz CT molecular complexity index is 1080. The van der Waals surface area contributed by atoms with E-state index < -0.39 is 0 Å². The van der Waals surface area contributed by atoms with E-state index in [0.717, 1.165) is 54.1 Å². The number of aromatic amines is 1. The van der Waals surface area contributed by atoms with Crippen LogP contribution in [0.2, 0.25) is 0 Å². The first kappa shape index (κ1) is 17.2. The number of fused-ring (bicyclic) bond motifs is 1. The van der Waals surface area contributed by atoms with Crippen LogP contribution in [0.3, 0.4) is 0 Å². The van der Waals surface area contributed by atoms with Crippen LogP contribution < -0.4 is 5.32 Å². The molecule has 5 heteroatoms. The van der Waals surface area contributed by atoms with Gasteiger partial charge < -0.3 is 14.7 Å². The fourth-order valence-corrected chi connectivity index (χ4v) is 4.00. The van der Waals surface area contributed by atoms with Gasteiger partial charge in [-0.2, -0.15) is 0 Å².